The Morgan fingerprint density at radius 1 is 1.10 bits per heavy atom. The molecule has 0 spiro atoms. The van der Waals surface area contributed by atoms with Gasteiger partial charge in [0.2, 0.25) is 11.9 Å². The molecule has 1 heterocycles. The van der Waals surface area contributed by atoms with Crippen molar-refractivity contribution in [3.05, 3.63) is 54.7 Å². The van der Waals surface area contributed by atoms with Gasteiger partial charge in [0.15, 0.2) is 0 Å². The Balaban J connectivity index is 1.98. The first kappa shape index (κ1) is 13.5. The van der Waals surface area contributed by atoms with Crippen LogP contribution in [0.4, 0.5) is 5.95 Å². The van der Waals surface area contributed by atoms with Crippen LogP contribution in [-0.2, 0) is 4.79 Å². The van der Waals surface area contributed by atoms with Gasteiger partial charge in [-0.25, -0.2) is 9.97 Å². The SMILES string of the molecule is O=C(CCl)Nc1nccc(-c2ccc3ccccc3c2)n1. The van der Waals surface area contributed by atoms with Crippen LogP contribution >= 0.6 is 11.6 Å². The second-order valence-electron chi connectivity index (χ2n) is 4.51. The molecule has 3 aromatic rings. The molecule has 1 amide bonds. The summed E-state index contributed by atoms with van der Waals surface area (Å²) in [6.07, 6.45) is 1.61. The number of fused-ring (bicyclic) bond motifs is 1. The molecule has 4 nitrogen and oxygen atoms in total. The highest BCUT2D eigenvalue weighted by Crippen LogP contribution is 2.23. The van der Waals surface area contributed by atoms with E-state index in [1.54, 1.807) is 12.3 Å². The minimum Gasteiger partial charge on any atom is -0.293 e. The second kappa shape index (κ2) is 5.89. The highest BCUT2D eigenvalue weighted by atomic mass is 35.5. The fourth-order valence-electron chi connectivity index (χ4n) is 2.09. The molecule has 2 aromatic carbocycles. The van der Waals surface area contributed by atoms with Crippen LogP contribution in [0.5, 0.6) is 0 Å². The standard InChI is InChI=1S/C16H12ClN3O/c17-10-15(21)20-16-18-8-7-14(19-16)13-6-5-11-3-1-2-4-12(11)9-13/h1-9H,10H2,(H,18,19,20,21). The van der Waals surface area contributed by atoms with E-state index < -0.39 is 0 Å². The summed E-state index contributed by atoms with van der Waals surface area (Å²) in [6, 6.07) is 16.0. The molecule has 3 rings (SSSR count). The van der Waals surface area contributed by atoms with E-state index >= 15 is 0 Å². The summed E-state index contributed by atoms with van der Waals surface area (Å²) >= 11 is 5.46. The zero-order chi connectivity index (χ0) is 14.7. The zero-order valence-corrected chi connectivity index (χ0v) is 11.8. The van der Waals surface area contributed by atoms with E-state index in [0.29, 0.717) is 0 Å². The van der Waals surface area contributed by atoms with Crippen molar-refractivity contribution < 1.29 is 4.79 Å². The Bertz CT molecular complexity index is 804. The average Bonchev–Trinajstić information content (AvgIpc) is 2.54. The Morgan fingerprint density at radius 2 is 1.90 bits per heavy atom. The number of aromatic nitrogens is 2. The molecule has 0 aliphatic rings. The predicted octanol–water partition coefficient (Wildman–Crippen LogP) is 3.47. The second-order valence-corrected chi connectivity index (χ2v) is 4.78. The monoisotopic (exact) mass is 297 g/mol. The van der Waals surface area contributed by atoms with Gasteiger partial charge in [-0.3, -0.25) is 10.1 Å². The summed E-state index contributed by atoms with van der Waals surface area (Å²) in [5, 5.41) is 4.86. The quantitative estimate of drug-likeness (QED) is 0.753. The van der Waals surface area contributed by atoms with Gasteiger partial charge in [-0.15, -0.1) is 11.6 Å². The van der Waals surface area contributed by atoms with Crippen LogP contribution in [0.25, 0.3) is 22.0 Å². The van der Waals surface area contributed by atoms with Gasteiger partial charge in [-0.05, 0) is 22.9 Å². The van der Waals surface area contributed by atoms with E-state index in [2.05, 4.69) is 33.5 Å². The van der Waals surface area contributed by atoms with Crippen molar-refractivity contribution in [2.75, 3.05) is 11.2 Å². The number of anilines is 1. The Morgan fingerprint density at radius 3 is 2.71 bits per heavy atom. The van der Waals surface area contributed by atoms with E-state index in [1.165, 1.54) is 5.39 Å². The van der Waals surface area contributed by atoms with Gasteiger partial charge in [0, 0.05) is 11.8 Å². The van der Waals surface area contributed by atoms with Crippen LogP contribution in [0.1, 0.15) is 0 Å². The van der Waals surface area contributed by atoms with Gasteiger partial charge in [0.25, 0.3) is 0 Å². The van der Waals surface area contributed by atoms with Crippen molar-refractivity contribution in [1.29, 1.82) is 0 Å². The maximum Gasteiger partial charge on any atom is 0.241 e. The van der Waals surface area contributed by atoms with Crippen molar-refractivity contribution >= 4 is 34.2 Å². The van der Waals surface area contributed by atoms with Crippen molar-refractivity contribution in [3.63, 3.8) is 0 Å². The highest BCUT2D eigenvalue weighted by Gasteiger charge is 2.06. The molecular formula is C16H12ClN3O. The minimum atomic E-state index is -0.327. The molecule has 1 aromatic heterocycles. The Kier molecular flexibility index (Phi) is 3.79. The van der Waals surface area contributed by atoms with E-state index in [-0.39, 0.29) is 17.7 Å². The van der Waals surface area contributed by atoms with Crippen LogP contribution in [0.3, 0.4) is 0 Å². The number of halogens is 1. The fourth-order valence-corrected chi connectivity index (χ4v) is 2.15. The van der Waals surface area contributed by atoms with Gasteiger partial charge in [-0.1, -0.05) is 36.4 Å². The summed E-state index contributed by atoms with van der Waals surface area (Å²) in [5.74, 6) is -0.192. The maximum absolute atomic E-state index is 11.3. The van der Waals surface area contributed by atoms with Gasteiger partial charge >= 0.3 is 0 Å². The summed E-state index contributed by atoms with van der Waals surface area (Å²) in [5.41, 5.74) is 1.72. The lowest BCUT2D eigenvalue weighted by Gasteiger charge is -2.06. The fraction of sp³-hybridized carbons (Fsp3) is 0.0625. The van der Waals surface area contributed by atoms with Crippen molar-refractivity contribution in [2.24, 2.45) is 0 Å². The zero-order valence-electron chi connectivity index (χ0n) is 11.1. The number of carbonyl (C=O) groups excluding carboxylic acids is 1. The van der Waals surface area contributed by atoms with Crippen LogP contribution in [0, 0.1) is 0 Å². The molecule has 5 heteroatoms. The average molecular weight is 298 g/mol. The van der Waals surface area contributed by atoms with Crippen LogP contribution in [0.2, 0.25) is 0 Å². The molecule has 1 N–H and O–H groups in total. The molecule has 0 radical (unpaired) electrons. The molecule has 0 atom stereocenters. The molecule has 0 saturated heterocycles. The first-order valence-electron chi connectivity index (χ1n) is 6.44. The van der Waals surface area contributed by atoms with E-state index in [0.717, 1.165) is 16.6 Å². The van der Waals surface area contributed by atoms with Crippen LogP contribution in [-0.4, -0.2) is 21.8 Å². The molecule has 0 aliphatic carbocycles. The van der Waals surface area contributed by atoms with Crippen molar-refractivity contribution in [1.82, 2.24) is 9.97 Å². The third-order valence-electron chi connectivity index (χ3n) is 3.07. The van der Waals surface area contributed by atoms with Gasteiger partial charge in [0.05, 0.1) is 5.69 Å². The van der Waals surface area contributed by atoms with E-state index in [9.17, 15) is 4.79 Å². The molecule has 0 unspecified atom stereocenters. The summed E-state index contributed by atoms with van der Waals surface area (Å²) in [4.78, 5) is 19.6. The molecule has 0 saturated carbocycles. The maximum atomic E-state index is 11.3. The number of hydrogen-bond donors (Lipinski definition) is 1. The summed E-state index contributed by atoms with van der Waals surface area (Å²) in [7, 11) is 0. The number of rotatable bonds is 3. The highest BCUT2D eigenvalue weighted by molar-refractivity contribution is 6.28. The predicted molar refractivity (Wildman–Crippen MR) is 84.3 cm³/mol. The lowest BCUT2D eigenvalue weighted by Crippen LogP contribution is -2.14. The number of benzene rings is 2. The first-order chi connectivity index (χ1) is 10.3. The number of nitrogens with one attached hydrogen (secondary N) is 1. The lowest BCUT2D eigenvalue weighted by atomic mass is 10.1. The molecular weight excluding hydrogens is 286 g/mol. The van der Waals surface area contributed by atoms with Crippen LogP contribution < -0.4 is 5.32 Å². The van der Waals surface area contributed by atoms with Gasteiger partial charge in [0.1, 0.15) is 5.88 Å². The number of carbonyl (C=O) groups is 1. The summed E-state index contributed by atoms with van der Waals surface area (Å²) < 4.78 is 0. The molecule has 0 fully saturated rings. The first-order valence-corrected chi connectivity index (χ1v) is 6.98. The molecule has 104 valence electrons. The van der Waals surface area contributed by atoms with Gasteiger partial charge < -0.3 is 0 Å². The Labute approximate surface area is 126 Å². The normalized spacial score (nSPS) is 10.5. The summed E-state index contributed by atoms with van der Waals surface area (Å²) in [6.45, 7) is 0. The topological polar surface area (TPSA) is 54.9 Å². The number of amides is 1. The van der Waals surface area contributed by atoms with Crippen molar-refractivity contribution in [3.8, 4) is 11.3 Å². The Hall–Kier alpha value is -2.46. The van der Waals surface area contributed by atoms with Crippen molar-refractivity contribution in [2.45, 2.75) is 0 Å². The smallest absolute Gasteiger partial charge is 0.241 e. The number of alkyl halides is 1. The number of hydrogen-bond acceptors (Lipinski definition) is 3. The van der Waals surface area contributed by atoms with Crippen LogP contribution in [0.15, 0.2) is 54.7 Å². The molecule has 0 bridgehead atoms. The van der Waals surface area contributed by atoms with E-state index in [4.69, 9.17) is 11.6 Å². The molecule has 21 heavy (non-hydrogen) atoms. The minimum absolute atomic E-state index is 0.121. The third kappa shape index (κ3) is 3.01. The molecule has 0 aliphatic heterocycles. The van der Waals surface area contributed by atoms with E-state index in [1.807, 2.05) is 24.3 Å². The lowest BCUT2D eigenvalue weighted by molar-refractivity contribution is -0.114. The largest absolute Gasteiger partial charge is 0.293 e. The van der Waals surface area contributed by atoms with Gasteiger partial charge in [-0.2, -0.15) is 0 Å². The third-order valence-corrected chi connectivity index (χ3v) is 3.32. The number of nitrogens with zero attached hydrogens (tertiary/aromatic N) is 2.